The number of carboxylic acid groups (broad SMARTS) is 1. The van der Waals surface area contributed by atoms with Gasteiger partial charge in [0.1, 0.15) is 11.9 Å². The summed E-state index contributed by atoms with van der Waals surface area (Å²) in [6.45, 7) is 4.20. The number of halogens is 3. The third-order valence-corrected chi connectivity index (χ3v) is 8.93. The number of alkyl halides is 3. The molecule has 3 aromatic carbocycles. The third kappa shape index (κ3) is 5.01. The highest BCUT2D eigenvalue weighted by atomic mass is 19.4. The van der Waals surface area contributed by atoms with Crippen LogP contribution >= 0.6 is 0 Å². The molecule has 218 valence electrons. The predicted octanol–water partition coefficient (Wildman–Crippen LogP) is 7.70. The van der Waals surface area contributed by atoms with Crippen molar-refractivity contribution >= 4 is 17.8 Å². The van der Waals surface area contributed by atoms with Crippen LogP contribution in [0.15, 0.2) is 78.5 Å². The summed E-state index contributed by atoms with van der Waals surface area (Å²) in [6, 6.07) is 19.9. The van der Waals surface area contributed by atoms with Crippen LogP contribution in [0.5, 0.6) is 0 Å². The maximum Gasteiger partial charge on any atom is 0.416 e. The average Bonchev–Trinajstić information content (AvgIpc) is 3.89. The van der Waals surface area contributed by atoms with E-state index in [2.05, 4.69) is 12.2 Å². The molecular formula is C33H30F3NO5. The van der Waals surface area contributed by atoms with E-state index in [9.17, 15) is 27.9 Å². The standard InChI is InChI=1S/C33H30F3NO5/c1-19(20-7-13-25(14-8-20)33(34,35)36)42-30(40)37-28-27(41-18-26-17-31(26,28)2)23-5-3-21(4-6-23)22-9-11-24(12-10-22)32(15-16-32)29(38)39/h3-14,19,26H,15-18H2,1-2H3,(H,37,40)(H,38,39). The number of hydrogen-bond acceptors (Lipinski definition) is 4. The lowest BCUT2D eigenvalue weighted by Gasteiger charge is -2.27. The van der Waals surface area contributed by atoms with Crippen LogP contribution in [0, 0.1) is 11.3 Å². The van der Waals surface area contributed by atoms with E-state index >= 15 is 0 Å². The van der Waals surface area contributed by atoms with Crippen molar-refractivity contribution in [2.75, 3.05) is 6.61 Å². The highest BCUT2D eigenvalue weighted by Crippen LogP contribution is 2.61. The molecule has 3 aliphatic rings. The second kappa shape index (κ2) is 9.93. The van der Waals surface area contributed by atoms with Gasteiger partial charge in [-0.15, -0.1) is 0 Å². The highest BCUT2D eigenvalue weighted by Gasteiger charge is 2.57. The van der Waals surface area contributed by atoms with Gasteiger partial charge in [-0.05, 0) is 60.6 Å². The summed E-state index contributed by atoms with van der Waals surface area (Å²) < 4.78 is 50.3. The molecule has 2 aliphatic carbocycles. The smallest absolute Gasteiger partial charge is 0.416 e. The normalized spacial score (nSPS) is 22.8. The molecule has 6 nitrogen and oxygen atoms in total. The third-order valence-electron chi connectivity index (χ3n) is 8.93. The van der Waals surface area contributed by atoms with Crippen molar-refractivity contribution in [3.05, 3.63) is 101 Å². The Morgan fingerprint density at radius 3 is 2.07 bits per heavy atom. The molecular weight excluding hydrogens is 547 g/mol. The molecule has 0 aromatic heterocycles. The van der Waals surface area contributed by atoms with Crippen LogP contribution < -0.4 is 5.32 Å². The Balaban J connectivity index is 1.19. The van der Waals surface area contributed by atoms with Crippen molar-refractivity contribution in [3.63, 3.8) is 0 Å². The largest absolute Gasteiger partial charge is 0.491 e. The molecule has 2 fully saturated rings. The number of allylic oxidation sites excluding steroid dienone is 1. The van der Waals surface area contributed by atoms with Gasteiger partial charge in [0, 0.05) is 16.9 Å². The van der Waals surface area contributed by atoms with Gasteiger partial charge in [-0.2, -0.15) is 13.2 Å². The molecule has 1 aliphatic heterocycles. The lowest BCUT2D eigenvalue weighted by atomic mass is 9.93. The van der Waals surface area contributed by atoms with Gasteiger partial charge in [-0.1, -0.05) is 67.6 Å². The molecule has 6 rings (SSSR count). The van der Waals surface area contributed by atoms with Gasteiger partial charge in [0.25, 0.3) is 0 Å². The van der Waals surface area contributed by atoms with Crippen molar-refractivity contribution in [1.82, 2.24) is 5.32 Å². The summed E-state index contributed by atoms with van der Waals surface area (Å²) >= 11 is 0. The minimum absolute atomic E-state index is 0.266. The first-order chi connectivity index (χ1) is 19.9. The Bertz CT molecular complexity index is 1560. The molecule has 1 amide bonds. The first-order valence-corrected chi connectivity index (χ1v) is 13.9. The summed E-state index contributed by atoms with van der Waals surface area (Å²) in [5.74, 6) is 0.0425. The first-order valence-electron chi connectivity index (χ1n) is 13.9. The van der Waals surface area contributed by atoms with Crippen molar-refractivity contribution in [2.45, 2.75) is 50.8 Å². The van der Waals surface area contributed by atoms with Gasteiger partial charge >= 0.3 is 18.2 Å². The summed E-state index contributed by atoms with van der Waals surface area (Å²) in [6.07, 6.45) is -3.75. The monoisotopic (exact) mass is 577 g/mol. The van der Waals surface area contributed by atoms with E-state index in [0.717, 1.165) is 40.8 Å². The van der Waals surface area contributed by atoms with E-state index in [4.69, 9.17) is 9.47 Å². The van der Waals surface area contributed by atoms with Crippen molar-refractivity contribution in [2.24, 2.45) is 11.3 Å². The predicted molar refractivity (Wildman–Crippen MR) is 149 cm³/mol. The van der Waals surface area contributed by atoms with Gasteiger partial charge in [0.05, 0.1) is 23.3 Å². The molecule has 2 N–H and O–H groups in total. The van der Waals surface area contributed by atoms with Gasteiger partial charge in [-0.3, -0.25) is 10.1 Å². The number of carbonyl (C=O) groups excluding carboxylic acids is 1. The topological polar surface area (TPSA) is 84.9 Å². The second-order valence-corrected chi connectivity index (χ2v) is 11.7. The van der Waals surface area contributed by atoms with Gasteiger partial charge in [0.2, 0.25) is 0 Å². The number of alkyl carbamates (subject to hydrolysis) is 1. The van der Waals surface area contributed by atoms with Crippen molar-refractivity contribution < 1.29 is 37.3 Å². The fourth-order valence-electron chi connectivity index (χ4n) is 5.79. The van der Waals surface area contributed by atoms with E-state index in [1.807, 2.05) is 48.5 Å². The molecule has 1 heterocycles. The molecule has 3 atom stereocenters. The quantitative estimate of drug-likeness (QED) is 0.301. The van der Waals surface area contributed by atoms with Crippen LogP contribution in [0.1, 0.15) is 61.5 Å². The minimum Gasteiger partial charge on any atom is -0.491 e. The lowest BCUT2D eigenvalue weighted by molar-refractivity contribution is -0.140. The average molecular weight is 578 g/mol. The SMILES string of the molecule is CC(OC(=O)NC1=C(c2ccc(-c3ccc(C4(C(=O)O)CC4)cc3)cc2)OCC2CC12C)c1ccc(C(F)(F)F)cc1. The number of hydrogen-bond donors (Lipinski definition) is 2. The molecule has 0 saturated heterocycles. The number of ether oxygens (including phenoxy) is 2. The molecule has 2 saturated carbocycles. The van der Waals surface area contributed by atoms with Crippen LogP contribution in [-0.2, 0) is 25.9 Å². The van der Waals surface area contributed by atoms with Crippen LogP contribution in [-0.4, -0.2) is 23.8 Å². The maximum absolute atomic E-state index is 12.9. The number of amides is 1. The minimum atomic E-state index is -4.44. The Labute approximate surface area is 241 Å². The number of aliphatic carboxylic acids is 1. The molecule has 3 unspecified atom stereocenters. The number of rotatable bonds is 7. The van der Waals surface area contributed by atoms with Crippen LogP contribution in [0.4, 0.5) is 18.0 Å². The number of carbonyl (C=O) groups is 2. The van der Waals surface area contributed by atoms with Crippen LogP contribution in [0.3, 0.4) is 0 Å². The van der Waals surface area contributed by atoms with E-state index in [1.54, 1.807) is 6.92 Å². The summed E-state index contributed by atoms with van der Waals surface area (Å²) in [4.78, 5) is 24.6. The van der Waals surface area contributed by atoms with Gasteiger partial charge in [0.15, 0.2) is 0 Å². The zero-order valence-corrected chi connectivity index (χ0v) is 23.1. The molecule has 0 radical (unpaired) electrons. The highest BCUT2D eigenvalue weighted by molar-refractivity contribution is 5.85. The summed E-state index contributed by atoms with van der Waals surface area (Å²) in [7, 11) is 0. The van der Waals surface area contributed by atoms with E-state index in [0.29, 0.717) is 36.5 Å². The van der Waals surface area contributed by atoms with E-state index in [-0.39, 0.29) is 11.3 Å². The molecule has 0 bridgehead atoms. The van der Waals surface area contributed by atoms with Crippen molar-refractivity contribution in [3.8, 4) is 11.1 Å². The second-order valence-electron chi connectivity index (χ2n) is 11.7. The van der Waals surface area contributed by atoms with E-state index < -0.39 is 35.3 Å². The van der Waals surface area contributed by atoms with Gasteiger partial charge in [-0.25, -0.2) is 4.79 Å². The Morgan fingerprint density at radius 2 is 1.52 bits per heavy atom. The fraction of sp³-hybridized carbons (Fsp3) is 0.333. The van der Waals surface area contributed by atoms with Crippen LogP contribution in [0.25, 0.3) is 16.9 Å². The van der Waals surface area contributed by atoms with Gasteiger partial charge < -0.3 is 14.6 Å². The molecule has 3 aromatic rings. The Kier molecular flexibility index (Phi) is 6.59. The number of benzene rings is 3. The Morgan fingerprint density at radius 1 is 0.952 bits per heavy atom. The number of fused-ring (bicyclic) bond motifs is 1. The maximum atomic E-state index is 12.9. The fourth-order valence-corrected chi connectivity index (χ4v) is 5.79. The zero-order chi connectivity index (χ0) is 29.9. The molecule has 9 heteroatoms. The number of carboxylic acids is 1. The zero-order valence-electron chi connectivity index (χ0n) is 23.1. The van der Waals surface area contributed by atoms with E-state index in [1.165, 1.54) is 12.1 Å². The Hall–Kier alpha value is -4.27. The lowest BCUT2D eigenvalue weighted by Crippen LogP contribution is -2.33. The summed E-state index contributed by atoms with van der Waals surface area (Å²) in [5, 5.41) is 12.4. The van der Waals surface area contributed by atoms with Crippen LogP contribution in [0.2, 0.25) is 0 Å². The first kappa shape index (κ1) is 27.9. The van der Waals surface area contributed by atoms with Crippen molar-refractivity contribution in [1.29, 1.82) is 0 Å². The number of nitrogens with one attached hydrogen (secondary N) is 1. The molecule has 42 heavy (non-hydrogen) atoms. The molecule has 0 spiro atoms. The summed E-state index contributed by atoms with van der Waals surface area (Å²) in [5.41, 5.74) is 2.80.